The summed E-state index contributed by atoms with van der Waals surface area (Å²) < 4.78 is 5.36. The van der Waals surface area contributed by atoms with E-state index in [0.29, 0.717) is 10.0 Å². The maximum absolute atomic E-state index is 6.04. The number of hydrogen-bond acceptors (Lipinski definition) is 4. The number of halogens is 2. The Bertz CT molecular complexity index is 802. The van der Waals surface area contributed by atoms with E-state index in [1.807, 2.05) is 18.3 Å². The molecular formula is C16H14Cl2N4O. The molecule has 23 heavy (non-hydrogen) atoms. The molecule has 3 aromatic rings. The predicted octanol–water partition coefficient (Wildman–Crippen LogP) is 3.77. The SMILES string of the molecule is Clc1cc2nc(-c3ccc(N4CCOCC4)nc3)[nH]c2cc1Cl. The molecule has 0 bridgehead atoms. The number of H-pyrrole nitrogens is 1. The van der Waals surface area contributed by atoms with Crippen molar-refractivity contribution in [3.05, 3.63) is 40.5 Å². The topological polar surface area (TPSA) is 54.0 Å². The third kappa shape index (κ3) is 2.87. The molecule has 118 valence electrons. The monoisotopic (exact) mass is 348 g/mol. The molecular weight excluding hydrogens is 335 g/mol. The van der Waals surface area contributed by atoms with Gasteiger partial charge in [-0.25, -0.2) is 9.97 Å². The Morgan fingerprint density at radius 2 is 1.87 bits per heavy atom. The summed E-state index contributed by atoms with van der Waals surface area (Å²) in [5.41, 5.74) is 2.56. The van der Waals surface area contributed by atoms with Crippen LogP contribution in [-0.2, 0) is 4.74 Å². The quantitative estimate of drug-likeness (QED) is 0.765. The maximum Gasteiger partial charge on any atom is 0.140 e. The number of fused-ring (bicyclic) bond motifs is 1. The summed E-state index contributed by atoms with van der Waals surface area (Å²) in [6.45, 7) is 3.23. The third-order valence-corrected chi connectivity index (χ3v) is 4.60. The van der Waals surface area contributed by atoms with E-state index < -0.39 is 0 Å². The van der Waals surface area contributed by atoms with Gasteiger partial charge in [0.1, 0.15) is 11.6 Å². The Kier molecular flexibility index (Phi) is 3.85. The van der Waals surface area contributed by atoms with Crippen molar-refractivity contribution in [3.63, 3.8) is 0 Å². The predicted molar refractivity (Wildman–Crippen MR) is 92.4 cm³/mol. The molecule has 0 saturated carbocycles. The van der Waals surface area contributed by atoms with Crippen LogP contribution in [0.1, 0.15) is 0 Å². The number of rotatable bonds is 2. The van der Waals surface area contributed by atoms with Gasteiger partial charge in [0.05, 0.1) is 34.3 Å². The molecule has 0 radical (unpaired) electrons. The number of nitrogens with one attached hydrogen (secondary N) is 1. The zero-order valence-corrected chi connectivity index (χ0v) is 13.7. The van der Waals surface area contributed by atoms with E-state index in [0.717, 1.165) is 54.5 Å². The van der Waals surface area contributed by atoms with Gasteiger partial charge in [-0.2, -0.15) is 0 Å². The Balaban J connectivity index is 1.65. The lowest BCUT2D eigenvalue weighted by atomic mass is 10.2. The molecule has 2 aromatic heterocycles. The van der Waals surface area contributed by atoms with E-state index in [4.69, 9.17) is 27.9 Å². The Hall–Kier alpha value is -1.82. The van der Waals surface area contributed by atoms with Crippen LogP contribution >= 0.6 is 23.2 Å². The summed E-state index contributed by atoms with van der Waals surface area (Å²) in [5, 5.41) is 1.01. The number of aromatic nitrogens is 3. The van der Waals surface area contributed by atoms with Gasteiger partial charge < -0.3 is 14.6 Å². The third-order valence-electron chi connectivity index (χ3n) is 3.88. The molecule has 0 amide bonds. The first-order chi connectivity index (χ1) is 11.2. The van der Waals surface area contributed by atoms with Gasteiger partial charge >= 0.3 is 0 Å². The van der Waals surface area contributed by atoms with Crippen molar-refractivity contribution in [2.75, 3.05) is 31.2 Å². The van der Waals surface area contributed by atoms with Crippen molar-refractivity contribution in [2.45, 2.75) is 0 Å². The molecule has 1 fully saturated rings. The van der Waals surface area contributed by atoms with Crippen LogP contribution in [-0.4, -0.2) is 41.3 Å². The Labute approximate surface area is 143 Å². The molecule has 1 saturated heterocycles. The van der Waals surface area contributed by atoms with E-state index in [1.54, 1.807) is 12.1 Å². The van der Waals surface area contributed by atoms with E-state index in [-0.39, 0.29) is 0 Å². The first-order valence-electron chi connectivity index (χ1n) is 7.34. The molecule has 1 aliphatic heterocycles. The second-order valence-electron chi connectivity index (χ2n) is 5.37. The van der Waals surface area contributed by atoms with Crippen LogP contribution in [0.25, 0.3) is 22.4 Å². The summed E-state index contributed by atoms with van der Waals surface area (Å²) in [7, 11) is 0. The van der Waals surface area contributed by atoms with Gasteiger partial charge in [0.2, 0.25) is 0 Å². The number of pyridine rings is 1. The summed E-state index contributed by atoms with van der Waals surface area (Å²) in [6, 6.07) is 7.56. The Morgan fingerprint density at radius 1 is 1.09 bits per heavy atom. The highest BCUT2D eigenvalue weighted by Crippen LogP contribution is 2.29. The van der Waals surface area contributed by atoms with Crippen LogP contribution in [0.15, 0.2) is 30.5 Å². The number of nitrogens with zero attached hydrogens (tertiary/aromatic N) is 3. The second-order valence-corrected chi connectivity index (χ2v) is 6.19. The van der Waals surface area contributed by atoms with Crippen LogP contribution in [0, 0.1) is 0 Å². The first-order valence-corrected chi connectivity index (χ1v) is 8.10. The number of imidazole rings is 1. The second kappa shape index (κ2) is 6.00. The lowest BCUT2D eigenvalue weighted by Crippen LogP contribution is -2.36. The molecule has 5 nitrogen and oxygen atoms in total. The van der Waals surface area contributed by atoms with Crippen LogP contribution in [0.4, 0.5) is 5.82 Å². The minimum Gasteiger partial charge on any atom is -0.378 e. The highest BCUT2D eigenvalue weighted by Gasteiger charge is 2.13. The average molecular weight is 349 g/mol. The minimum absolute atomic E-state index is 0.498. The van der Waals surface area contributed by atoms with E-state index >= 15 is 0 Å². The van der Waals surface area contributed by atoms with Crippen LogP contribution in [0.5, 0.6) is 0 Å². The summed E-state index contributed by atoms with van der Waals surface area (Å²) in [5.74, 6) is 1.71. The fourth-order valence-corrected chi connectivity index (χ4v) is 2.97. The largest absolute Gasteiger partial charge is 0.378 e. The zero-order chi connectivity index (χ0) is 15.8. The highest BCUT2D eigenvalue weighted by atomic mass is 35.5. The number of aromatic amines is 1. The van der Waals surface area contributed by atoms with Crippen molar-refractivity contribution in [3.8, 4) is 11.4 Å². The molecule has 0 aliphatic carbocycles. The fourth-order valence-electron chi connectivity index (χ4n) is 2.65. The van der Waals surface area contributed by atoms with Gasteiger partial charge in [-0.1, -0.05) is 23.2 Å². The van der Waals surface area contributed by atoms with Gasteiger partial charge in [0.15, 0.2) is 0 Å². The number of hydrogen-bond donors (Lipinski definition) is 1. The van der Waals surface area contributed by atoms with Gasteiger partial charge in [-0.15, -0.1) is 0 Å². The molecule has 1 aromatic carbocycles. The standard InChI is InChI=1S/C16H14Cl2N4O/c17-11-7-13-14(8-12(11)18)21-16(20-13)10-1-2-15(19-9-10)22-3-5-23-6-4-22/h1-2,7-9H,3-6H2,(H,20,21). The molecule has 0 atom stereocenters. The zero-order valence-electron chi connectivity index (χ0n) is 12.2. The van der Waals surface area contributed by atoms with Crippen molar-refractivity contribution in [2.24, 2.45) is 0 Å². The van der Waals surface area contributed by atoms with Gasteiger partial charge in [-0.05, 0) is 24.3 Å². The first kappa shape index (κ1) is 14.8. The van der Waals surface area contributed by atoms with E-state index in [2.05, 4.69) is 19.9 Å². The maximum atomic E-state index is 6.04. The molecule has 0 unspecified atom stereocenters. The van der Waals surface area contributed by atoms with E-state index in [1.165, 1.54) is 0 Å². The summed E-state index contributed by atoms with van der Waals surface area (Å²) >= 11 is 12.1. The summed E-state index contributed by atoms with van der Waals surface area (Å²) in [4.78, 5) is 14.6. The Morgan fingerprint density at radius 3 is 2.61 bits per heavy atom. The number of morpholine rings is 1. The van der Waals surface area contributed by atoms with Crippen LogP contribution < -0.4 is 4.90 Å². The lowest BCUT2D eigenvalue weighted by Gasteiger charge is -2.27. The van der Waals surface area contributed by atoms with Crippen LogP contribution in [0.2, 0.25) is 10.0 Å². The minimum atomic E-state index is 0.498. The normalized spacial score (nSPS) is 15.3. The number of ether oxygens (including phenoxy) is 1. The van der Waals surface area contributed by atoms with Crippen molar-refractivity contribution in [1.29, 1.82) is 0 Å². The van der Waals surface area contributed by atoms with Gasteiger partial charge in [0, 0.05) is 24.8 Å². The fraction of sp³-hybridized carbons (Fsp3) is 0.250. The van der Waals surface area contributed by atoms with Crippen molar-refractivity contribution < 1.29 is 4.74 Å². The van der Waals surface area contributed by atoms with Crippen molar-refractivity contribution >= 4 is 40.1 Å². The highest BCUT2D eigenvalue weighted by molar-refractivity contribution is 6.42. The molecule has 1 N–H and O–H groups in total. The molecule has 0 spiro atoms. The van der Waals surface area contributed by atoms with Crippen molar-refractivity contribution in [1.82, 2.24) is 15.0 Å². The average Bonchev–Trinajstić information content (AvgIpc) is 2.99. The van der Waals surface area contributed by atoms with Crippen LogP contribution in [0.3, 0.4) is 0 Å². The molecule has 4 rings (SSSR count). The molecule has 3 heterocycles. The smallest absolute Gasteiger partial charge is 0.140 e. The molecule has 7 heteroatoms. The number of benzene rings is 1. The number of anilines is 1. The van der Waals surface area contributed by atoms with Gasteiger partial charge in [0.25, 0.3) is 0 Å². The van der Waals surface area contributed by atoms with Gasteiger partial charge in [-0.3, -0.25) is 0 Å². The van der Waals surface area contributed by atoms with E-state index in [9.17, 15) is 0 Å². The lowest BCUT2D eigenvalue weighted by molar-refractivity contribution is 0.122. The summed E-state index contributed by atoms with van der Waals surface area (Å²) in [6.07, 6.45) is 1.83. The molecule has 1 aliphatic rings.